The molecule has 0 aliphatic rings. The van der Waals surface area contributed by atoms with Crippen LogP contribution in [0.3, 0.4) is 0 Å². The molecule has 0 aliphatic heterocycles. The fourth-order valence-corrected chi connectivity index (χ4v) is 3.27. The monoisotopic (exact) mass is 410 g/mol. The summed E-state index contributed by atoms with van der Waals surface area (Å²) in [5.74, 6) is 1.04. The van der Waals surface area contributed by atoms with Gasteiger partial charge in [0.2, 0.25) is 5.75 Å². The summed E-state index contributed by atoms with van der Waals surface area (Å²) in [5, 5.41) is 4.15. The van der Waals surface area contributed by atoms with Gasteiger partial charge in [0, 0.05) is 5.56 Å². The van der Waals surface area contributed by atoms with Crippen LogP contribution in [-0.4, -0.2) is 31.4 Å². The molecule has 1 aromatic carbocycles. The maximum absolute atomic E-state index is 12.6. The third kappa shape index (κ3) is 5.61. The molecule has 0 saturated heterocycles. The summed E-state index contributed by atoms with van der Waals surface area (Å²) in [4.78, 5) is 13.5. The molecular weight excluding hydrogens is 388 g/mol. The number of nitrogens with zero attached hydrogens (tertiary/aromatic N) is 1. The molecule has 0 saturated carbocycles. The van der Waals surface area contributed by atoms with Crippen LogP contribution in [0.5, 0.6) is 17.2 Å². The molecule has 2 aromatic rings. The lowest BCUT2D eigenvalue weighted by Gasteiger charge is -2.16. The molecule has 1 amide bonds. The molecule has 27 heavy (non-hydrogen) atoms. The lowest BCUT2D eigenvalue weighted by molar-refractivity contribution is 0.0953. The summed E-state index contributed by atoms with van der Waals surface area (Å²) in [5.41, 5.74) is 3.59. The Hall–Kier alpha value is -2.25. The Morgan fingerprint density at radius 2 is 1.67 bits per heavy atom. The Kier molecular flexibility index (Phi) is 7.94. The molecular formula is C19H23ClN2O4S. The molecule has 146 valence electrons. The first-order chi connectivity index (χ1) is 13.0. The van der Waals surface area contributed by atoms with Crippen LogP contribution in [0.25, 0.3) is 0 Å². The van der Waals surface area contributed by atoms with Crippen molar-refractivity contribution in [1.29, 1.82) is 0 Å². The number of hydrogen-bond donors (Lipinski definition) is 1. The highest BCUT2D eigenvalue weighted by atomic mass is 35.5. The number of amides is 1. The van der Waals surface area contributed by atoms with Crippen molar-refractivity contribution in [2.24, 2.45) is 5.10 Å². The summed E-state index contributed by atoms with van der Waals surface area (Å²) >= 11 is 7.33. The zero-order chi connectivity index (χ0) is 19.8. The largest absolute Gasteiger partial charge is 0.490 e. The molecule has 0 bridgehead atoms. The number of hydrazone groups is 1. The van der Waals surface area contributed by atoms with Gasteiger partial charge in [0.25, 0.3) is 5.91 Å². The number of benzene rings is 1. The van der Waals surface area contributed by atoms with Crippen LogP contribution in [0.2, 0.25) is 4.34 Å². The maximum Gasteiger partial charge on any atom is 0.271 e. The SMILES string of the molecule is CCOc1cc(C(=O)N/N=C(/C)c2ccc(Cl)s2)cc(OCC)c1OCC. The van der Waals surface area contributed by atoms with E-state index in [0.717, 1.165) is 4.88 Å². The molecule has 0 unspecified atom stereocenters. The van der Waals surface area contributed by atoms with Gasteiger partial charge in [0.05, 0.1) is 34.7 Å². The molecule has 1 heterocycles. The van der Waals surface area contributed by atoms with Crippen LogP contribution in [0.15, 0.2) is 29.4 Å². The fraction of sp³-hybridized carbons (Fsp3) is 0.368. The second-order valence-corrected chi connectivity index (χ2v) is 7.06. The number of hydrogen-bond acceptors (Lipinski definition) is 6. The lowest BCUT2D eigenvalue weighted by Crippen LogP contribution is -2.19. The van der Waals surface area contributed by atoms with E-state index in [1.165, 1.54) is 11.3 Å². The minimum absolute atomic E-state index is 0.367. The first-order valence-corrected chi connectivity index (χ1v) is 9.86. The normalized spacial score (nSPS) is 11.2. The first-order valence-electron chi connectivity index (χ1n) is 8.66. The molecule has 8 heteroatoms. The van der Waals surface area contributed by atoms with Gasteiger partial charge in [0.15, 0.2) is 11.5 Å². The van der Waals surface area contributed by atoms with E-state index in [-0.39, 0.29) is 5.91 Å². The van der Waals surface area contributed by atoms with Crippen molar-refractivity contribution in [2.45, 2.75) is 27.7 Å². The van der Waals surface area contributed by atoms with Crippen molar-refractivity contribution in [1.82, 2.24) is 5.43 Å². The van der Waals surface area contributed by atoms with E-state index in [1.54, 1.807) is 25.1 Å². The highest BCUT2D eigenvalue weighted by Crippen LogP contribution is 2.39. The van der Waals surface area contributed by atoms with Crippen molar-refractivity contribution < 1.29 is 19.0 Å². The minimum atomic E-state index is -0.373. The van der Waals surface area contributed by atoms with Crippen LogP contribution in [0, 0.1) is 0 Å². The second-order valence-electron chi connectivity index (χ2n) is 5.34. The van der Waals surface area contributed by atoms with Crippen molar-refractivity contribution in [3.8, 4) is 17.2 Å². The van der Waals surface area contributed by atoms with E-state index in [9.17, 15) is 4.79 Å². The van der Waals surface area contributed by atoms with E-state index < -0.39 is 0 Å². The summed E-state index contributed by atoms with van der Waals surface area (Å²) in [7, 11) is 0. The van der Waals surface area contributed by atoms with Crippen LogP contribution in [-0.2, 0) is 0 Å². The number of nitrogens with one attached hydrogen (secondary N) is 1. The standard InChI is InChI=1S/C19H23ClN2O4S/c1-5-24-14-10-13(11-15(25-6-2)18(14)26-7-3)19(23)22-21-12(4)16-8-9-17(20)27-16/h8-11H,5-7H2,1-4H3,(H,22,23)/b21-12-. The van der Waals surface area contributed by atoms with Gasteiger partial charge >= 0.3 is 0 Å². The zero-order valence-electron chi connectivity index (χ0n) is 15.8. The summed E-state index contributed by atoms with van der Waals surface area (Å²) in [6.07, 6.45) is 0. The third-order valence-electron chi connectivity index (χ3n) is 3.43. The molecule has 1 N–H and O–H groups in total. The topological polar surface area (TPSA) is 69.2 Å². The maximum atomic E-state index is 12.6. The van der Waals surface area contributed by atoms with Crippen LogP contribution < -0.4 is 19.6 Å². The average molecular weight is 411 g/mol. The summed E-state index contributed by atoms with van der Waals surface area (Å²) < 4.78 is 17.6. The van der Waals surface area contributed by atoms with E-state index in [4.69, 9.17) is 25.8 Å². The Balaban J connectivity index is 2.28. The van der Waals surface area contributed by atoms with Crippen molar-refractivity contribution in [2.75, 3.05) is 19.8 Å². The second kappa shape index (κ2) is 10.2. The Bertz CT molecular complexity index is 793. The van der Waals surface area contributed by atoms with E-state index in [1.807, 2.05) is 26.8 Å². The average Bonchev–Trinajstić information content (AvgIpc) is 3.08. The van der Waals surface area contributed by atoms with Crippen LogP contribution >= 0.6 is 22.9 Å². The van der Waals surface area contributed by atoms with Gasteiger partial charge in [0.1, 0.15) is 0 Å². The summed E-state index contributed by atoms with van der Waals surface area (Å²) in [6.45, 7) is 8.74. The van der Waals surface area contributed by atoms with E-state index in [2.05, 4.69) is 10.5 Å². The molecule has 0 spiro atoms. The first kappa shape index (κ1) is 21.1. The van der Waals surface area contributed by atoms with Crippen molar-refractivity contribution in [3.05, 3.63) is 39.0 Å². The number of ether oxygens (including phenoxy) is 3. The lowest BCUT2D eigenvalue weighted by atomic mass is 10.1. The highest BCUT2D eigenvalue weighted by molar-refractivity contribution is 7.18. The predicted octanol–water partition coefficient (Wildman–Crippen LogP) is 4.75. The Morgan fingerprint density at radius 3 is 2.15 bits per heavy atom. The summed E-state index contributed by atoms with van der Waals surface area (Å²) in [6, 6.07) is 6.89. The Labute approximate surface area is 168 Å². The number of thiophene rings is 1. The van der Waals surface area contributed by atoms with E-state index in [0.29, 0.717) is 52.7 Å². The predicted molar refractivity (Wildman–Crippen MR) is 109 cm³/mol. The van der Waals surface area contributed by atoms with Gasteiger partial charge in [-0.1, -0.05) is 11.6 Å². The van der Waals surface area contributed by atoms with Gasteiger partial charge in [-0.15, -0.1) is 11.3 Å². The number of carbonyl (C=O) groups is 1. The van der Waals surface area contributed by atoms with E-state index >= 15 is 0 Å². The smallest absolute Gasteiger partial charge is 0.271 e. The molecule has 0 aliphatic carbocycles. The molecule has 0 fully saturated rings. The molecule has 6 nitrogen and oxygen atoms in total. The van der Waals surface area contributed by atoms with Gasteiger partial charge in [-0.3, -0.25) is 4.79 Å². The number of rotatable bonds is 9. The van der Waals surface area contributed by atoms with Gasteiger partial charge in [-0.05, 0) is 52.0 Å². The molecule has 0 radical (unpaired) electrons. The number of halogens is 1. The van der Waals surface area contributed by atoms with Gasteiger partial charge < -0.3 is 14.2 Å². The molecule has 2 rings (SSSR count). The van der Waals surface area contributed by atoms with Crippen molar-refractivity contribution in [3.63, 3.8) is 0 Å². The van der Waals surface area contributed by atoms with Crippen LogP contribution in [0.1, 0.15) is 42.9 Å². The Morgan fingerprint density at radius 1 is 1.07 bits per heavy atom. The molecule has 0 atom stereocenters. The minimum Gasteiger partial charge on any atom is -0.490 e. The van der Waals surface area contributed by atoms with Gasteiger partial charge in [-0.25, -0.2) is 5.43 Å². The van der Waals surface area contributed by atoms with Crippen LogP contribution in [0.4, 0.5) is 0 Å². The van der Waals surface area contributed by atoms with Crippen molar-refractivity contribution >= 4 is 34.6 Å². The van der Waals surface area contributed by atoms with Gasteiger partial charge in [-0.2, -0.15) is 5.10 Å². The quantitative estimate of drug-likeness (QED) is 0.478. The fourth-order valence-electron chi connectivity index (χ4n) is 2.28. The highest BCUT2D eigenvalue weighted by Gasteiger charge is 2.18. The molecule has 1 aromatic heterocycles. The number of carbonyl (C=O) groups excluding carboxylic acids is 1. The zero-order valence-corrected chi connectivity index (χ0v) is 17.4. The third-order valence-corrected chi connectivity index (χ3v) is 4.77.